The van der Waals surface area contributed by atoms with Gasteiger partial charge < -0.3 is 5.11 Å². The van der Waals surface area contributed by atoms with Gasteiger partial charge in [0.05, 0.1) is 9.52 Å². The van der Waals surface area contributed by atoms with Crippen molar-refractivity contribution in [1.82, 2.24) is 0 Å². The van der Waals surface area contributed by atoms with Gasteiger partial charge in [-0.1, -0.05) is 44.2 Å². The molecule has 0 aliphatic carbocycles. The first-order valence-electron chi connectivity index (χ1n) is 7.97. The molecule has 2 aromatic rings. The molecule has 2 rings (SSSR count). The molecule has 122 valence electrons. The number of benzene rings is 2. The van der Waals surface area contributed by atoms with E-state index in [4.69, 9.17) is 0 Å². The molecule has 0 bridgehead atoms. The summed E-state index contributed by atoms with van der Waals surface area (Å²) in [7, 11) is 0.803. The lowest BCUT2D eigenvalue weighted by molar-refractivity contribution is 0.442. The molecule has 0 aromatic heterocycles. The first-order chi connectivity index (χ1) is 10.7. The molecule has 0 heterocycles. The SMILES string of the molecule is Cc1cccc([Si]CSc2cc(C)c(O)c(C(C)(C)C)c2)c1C. The number of thioether (sulfide) groups is 1. The topological polar surface area (TPSA) is 20.2 Å². The maximum Gasteiger partial charge on any atom is 0.122 e. The van der Waals surface area contributed by atoms with E-state index in [1.807, 2.05) is 18.7 Å². The van der Waals surface area contributed by atoms with Crippen molar-refractivity contribution >= 4 is 26.5 Å². The highest BCUT2D eigenvalue weighted by atomic mass is 32.2. The van der Waals surface area contributed by atoms with Crippen molar-refractivity contribution in [2.75, 3.05) is 5.38 Å². The molecule has 0 saturated heterocycles. The van der Waals surface area contributed by atoms with Gasteiger partial charge in [0, 0.05) is 10.5 Å². The van der Waals surface area contributed by atoms with Gasteiger partial charge >= 0.3 is 0 Å². The molecule has 3 heteroatoms. The first kappa shape index (κ1) is 18.1. The highest BCUT2D eigenvalue weighted by molar-refractivity contribution is 8.00. The minimum absolute atomic E-state index is 0.0408. The van der Waals surface area contributed by atoms with Crippen molar-refractivity contribution in [3.63, 3.8) is 0 Å². The predicted molar refractivity (Wildman–Crippen MR) is 104 cm³/mol. The summed E-state index contributed by atoms with van der Waals surface area (Å²) in [6, 6.07) is 10.8. The second-order valence-electron chi connectivity index (χ2n) is 7.10. The molecule has 0 aliphatic rings. The Morgan fingerprint density at radius 2 is 1.74 bits per heavy atom. The highest BCUT2D eigenvalue weighted by Crippen LogP contribution is 2.36. The summed E-state index contributed by atoms with van der Waals surface area (Å²) >= 11 is 1.88. The minimum Gasteiger partial charge on any atom is -0.507 e. The summed E-state index contributed by atoms with van der Waals surface area (Å²) in [5.41, 5.74) is 4.75. The van der Waals surface area contributed by atoms with E-state index in [2.05, 4.69) is 65.0 Å². The summed E-state index contributed by atoms with van der Waals surface area (Å²) in [6.45, 7) is 12.8. The smallest absolute Gasteiger partial charge is 0.122 e. The summed E-state index contributed by atoms with van der Waals surface area (Å²) in [4.78, 5) is 1.25. The van der Waals surface area contributed by atoms with Crippen LogP contribution in [0, 0.1) is 20.8 Å². The van der Waals surface area contributed by atoms with Gasteiger partial charge in [0.1, 0.15) is 5.75 Å². The Hall–Kier alpha value is -1.19. The van der Waals surface area contributed by atoms with Crippen LogP contribution in [0.5, 0.6) is 5.75 Å². The van der Waals surface area contributed by atoms with Crippen molar-refractivity contribution in [3.05, 3.63) is 52.6 Å². The molecule has 2 radical (unpaired) electrons. The fraction of sp³-hybridized carbons (Fsp3) is 0.400. The monoisotopic (exact) mass is 342 g/mol. The maximum atomic E-state index is 10.3. The summed E-state index contributed by atoms with van der Waals surface area (Å²) < 4.78 is 0. The van der Waals surface area contributed by atoms with Gasteiger partial charge in [-0.05, 0) is 60.4 Å². The van der Waals surface area contributed by atoms with Gasteiger partial charge in [-0.15, -0.1) is 11.8 Å². The van der Waals surface area contributed by atoms with E-state index < -0.39 is 0 Å². The van der Waals surface area contributed by atoms with E-state index >= 15 is 0 Å². The lowest BCUT2D eigenvalue weighted by Crippen LogP contribution is -2.20. The predicted octanol–water partition coefficient (Wildman–Crippen LogP) is 4.69. The molecule has 1 N–H and O–H groups in total. The summed E-state index contributed by atoms with van der Waals surface area (Å²) in [5.74, 6) is 0.443. The first-order valence-corrected chi connectivity index (χ1v) is 10.2. The van der Waals surface area contributed by atoms with E-state index in [0.29, 0.717) is 5.75 Å². The third kappa shape index (κ3) is 4.42. The fourth-order valence-corrected chi connectivity index (χ4v) is 5.26. The van der Waals surface area contributed by atoms with Crippen molar-refractivity contribution in [2.24, 2.45) is 0 Å². The quantitative estimate of drug-likeness (QED) is 0.642. The zero-order chi connectivity index (χ0) is 17.2. The molecule has 23 heavy (non-hydrogen) atoms. The van der Waals surface area contributed by atoms with Crippen LogP contribution < -0.4 is 5.19 Å². The van der Waals surface area contributed by atoms with Gasteiger partial charge in [-0.3, -0.25) is 0 Å². The van der Waals surface area contributed by atoms with Crippen LogP contribution in [0.15, 0.2) is 35.2 Å². The number of rotatable bonds is 4. The Morgan fingerprint density at radius 1 is 1.04 bits per heavy atom. The lowest BCUT2D eigenvalue weighted by atomic mass is 9.85. The van der Waals surface area contributed by atoms with Crippen molar-refractivity contribution in [1.29, 1.82) is 0 Å². The number of hydrogen-bond acceptors (Lipinski definition) is 2. The fourth-order valence-electron chi connectivity index (χ4n) is 2.54. The van der Waals surface area contributed by atoms with Gasteiger partial charge in [0.25, 0.3) is 0 Å². The second-order valence-corrected chi connectivity index (χ2v) is 9.91. The van der Waals surface area contributed by atoms with E-state index in [1.165, 1.54) is 21.2 Å². The van der Waals surface area contributed by atoms with Gasteiger partial charge in [0.2, 0.25) is 0 Å². The largest absolute Gasteiger partial charge is 0.507 e. The Kier molecular flexibility index (Phi) is 5.64. The van der Waals surface area contributed by atoms with E-state index in [0.717, 1.165) is 26.0 Å². The van der Waals surface area contributed by atoms with Crippen LogP contribution in [-0.2, 0) is 5.41 Å². The number of phenolic OH excluding ortho intramolecular Hbond substituents is 1. The molecule has 0 spiro atoms. The molecule has 1 nitrogen and oxygen atoms in total. The van der Waals surface area contributed by atoms with Crippen molar-refractivity contribution in [3.8, 4) is 5.75 Å². The Morgan fingerprint density at radius 3 is 2.39 bits per heavy atom. The van der Waals surface area contributed by atoms with E-state index in [1.54, 1.807) is 0 Å². The molecular formula is C20H26OSSi. The normalized spacial score (nSPS) is 11.7. The highest BCUT2D eigenvalue weighted by Gasteiger charge is 2.20. The molecule has 0 aliphatic heterocycles. The lowest BCUT2D eigenvalue weighted by Gasteiger charge is -2.22. The van der Waals surface area contributed by atoms with Gasteiger partial charge in [-0.2, -0.15) is 0 Å². The summed E-state index contributed by atoms with van der Waals surface area (Å²) in [6.07, 6.45) is 0. The number of aromatic hydroxyl groups is 1. The van der Waals surface area contributed by atoms with E-state index in [9.17, 15) is 5.11 Å². The number of aryl methyl sites for hydroxylation is 2. The van der Waals surface area contributed by atoms with Crippen LogP contribution in [0.25, 0.3) is 0 Å². The van der Waals surface area contributed by atoms with Crippen LogP contribution in [0.3, 0.4) is 0 Å². The molecule has 0 atom stereocenters. The second kappa shape index (κ2) is 7.14. The zero-order valence-electron chi connectivity index (χ0n) is 14.9. The van der Waals surface area contributed by atoms with Gasteiger partial charge in [-0.25, -0.2) is 0 Å². The standard InChI is InChI=1S/C20H26OSSi/c1-13-8-7-9-18(15(13)3)23-12-22-16-10-14(2)19(21)17(11-16)20(4,5)6/h7-11,21H,12H2,1-6H3. The molecule has 0 amide bonds. The van der Waals surface area contributed by atoms with Crippen LogP contribution in [0.4, 0.5) is 0 Å². The van der Waals surface area contributed by atoms with Crippen molar-refractivity contribution < 1.29 is 5.11 Å². The van der Waals surface area contributed by atoms with Crippen LogP contribution >= 0.6 is 11.8 Å². The molecule has 0 fully saturated rings. The summed E-state index contributed by atoms with van der Waals surface area (Å²) in [5, 5.41) is 12.9. The third-order valence-corrected chi connectivity index (χ3v) is 6.83. The van der Waals surface area contributed by atoms with Crippen molar-refractivity contribution in [2.45, 2.75) is 51.9 Å². The molecule has 0 saturated carbocycles. The van der Waals surface area contributed by atoms with Crippen LogP contribution in [-0.4, -0.2) is 20.0 Å². The zero-order valence-corrected chi connectivity index (χ0v) is 16.8. The number of phenols is 1. The Bertz CT molecular complexity index is 702. The molecular weight excluding hydrogens is 316 g/mol. The Labute approximate surface area is 147 Å². The third-order valence-electron chi connectivity index (χ3n) is 4.19. The minimum atomic E-state index is -0.0408. The molecule has 0 unspecified atom stereocenters. The number of hydrogen-bond donors (Lipinski definition) is 1. The van der Waals surface area contributed by atoms with E-state index in [-0.39, 0.29) is 5.41 Å². The average molecular weight is 343 g/mol. The van der Waals surface area contributed by atoms with Gasteiger partial charge in [0.15, 0.2) is 0 Å². The maximum absolute atomic E-state index is 10.3. The van der Waals surface area contributed by atoms with Crippen LogP contribution in [0.1, 0.15) is 43.0 Å². The Balaban J connectivity index is 2.12. The molecule has 2 aromatic carbocycles. The van der Waals surface area contributed by atoms with Crippen LogP contribution in [0.2, 0.25) is 0 Å². The average Bonchev–Trinajstić information content (AvgIpc) is 2.45.